The number of hydrogen-bond donors (Lipinski definition) is 1. The summed E-state index contributed by atoms with van der Waals surface area (Å²) in [6.45, 7) is 0.351. The normalized spacial score (nSPS) is 17.1. The molecular weight excluding hydrogens is 175 g/mol. The molecule has 0 radical (unpaired) electrons. The molecule has 0 aliphatic rings. The first-order valence-electron chi connectivity index (χ1n) is 2.31. The molecule has 6 heteroatoms. The number of hydrogen-bond acceptors (Lipinski definition) is 1. The molecule has 10 heavy (non-hydrogen) atoms. The molecule has 0 N–H and O–H groups in total. The Hall–Kier alpha value is -0.0000000000000000555. The number of halogens is 5. The van der Waals surface area contributed by atoms with Gasteiger partial charge in [0.05, 0.1) is 0 Å². The van der Waals surface area contributed by atoms with E-state index in [1.165, 1.54) is 0 Å². The van der Waals surface area contributed by atoms with Gasteiger partial charge < -0.3 is 0 Å². The van der Waals surface area contributed by atoms with Gasteiger partial charge in [-0.05, 0) is 6.92 Å². The van der Waals surface area contributed by atoms with E-state index in [0.29, 0.717) is 6.92 Å². The average Bonchev–Trinajstić information content (AvgIpc) is 1.62. The van der Waals surface area contributed by atoms with E-state index in [1.54, 1.807) is 0 Å². The lowest BCUT2D eigenvalue weighted by Crippen LogP contribution is -2.42. The van der Waals surface area contributed by atoms with Crippen LogP contribution in [0, 0.1) is 0 Å². The fourth-order valence-corrected chi connectivity index (χ4v) is 0.417. The molecule has 1 atom stereocenters. The second-order valence-electron chi connectivity index (χ2n) is 1.78. The minimum Gasteiger partial charge on any atom is -0.241 e. The molecule has 0 aromatic heterocycles. The fraction of sp³-hybridized carbons (Fsp3) is 1.00. The molecule has 0 amide bonds. The van der Waals surface area contributed by atoms with Gasteiger partial charge in [-0.1, -0.05) is 12.6 Å². The molecule has 0 saturated heterocycles. The summed E-state index contributed by atoms with van der Waals surface area (Å²) in [6.07, 6.45) is -2.90. The zero-order valence-corrected chi connectivity index (χ0v) is 5.81. The Balaban J connectivity index is 4.40. The first-order valence-corrected chi connectivity index (χ1v) is 2.76. The molecule has 0 saturated carbocycles. The first-order chi connectivity index (χ1) is 4.19. The van der Waals surface area contributed by atoms with E-state index < -0.39 is 17.3 Å². The molecule has 0 aromatic rings. The molecule has 0 nitrogen and oxygen atoms in total. The van der Waals surface area contributed by atoms with Crippen LogP contribution in [0.2, 0.25) is 0 Å². The van der Waals surface area contributed by atoms with Gasteiger partial charge in [-0.2, -0.15) is 17.6 Å². The van der Waals surface area contributed by atoms with Crippen molar-refractivity contribution in [3.8, 4) is 0 Å². The third-order valence-electron chi connectivity index (χ3n) is 0.901. The fourth-order valence-electron chi connectivity index (χ4n) is 0.239. The van der Waals surface area contributed by atoms with Crippen molar-refractivity contribution in [2.75, 3.05) is 0 Å². The van der Waals surface area contributed by atoms with Crippen molar-refractivity contribution in [1.82, 2.24) is 0 Å². The van der Waals surface area contributed by atoms with Crippen LogP contribution in [0.25, 0.3) is 0 Å². The maximum atomic E-state index is 11.9. The van der Waals surface area contributed by atoms with Crippen LogP contribution in [-0.2, 0) is 0 Å². The topological polar surface area (TPSA) is 0 Å². The van der Waals surface area contributed by atoms with Crippen LogP contribution in [0.4, 0.5) is 22.0 Å². The molecule has 0 rings (SSSR count). The first kappa shape index (κ1) is 10.0. The summed E-state index contributed by atoms with van der Waals surface area (Å²) in [5.41, 5.74) is 0. The van der Waals surface area contributed by atoms with E-state index in [0.717, 1.165) is 0 Å². The monoisotopic (exact) mass is 180 g/mol. The van der Waals surface area contributed by atoms with Crippen molar-refractivity contribution >= 4 is 12.6 Å². The zero-order valence-electron chi connectivity index (χ0n) is 4.91. The van der Waals surface area contributed by atoms with E-state index in [-0.39, 0.29) is 0 Å². The molecule has 0 spiro atoms. The summed E-state index contributed by atoms with van der Waals surface area (Å²) in [5.74, 6) is -4.70. The van der Waals surface area contributed by atoms with E-state index in [4.69, 9.17) is 0 Å². The maximum absolute atomic E-state index is 11.9. The lowest BCUT2D eigenvalue weighted by atomic mass is 10.2. The Morgan fingerprint density at radius 2 is 1.50 bits per heavy atom. The van der Waals surface area contributed by atoms with Gasteiger partial charge in [-0.3, -0.25) is 0 Å². The Morgan fingerprint density at radius 3 is 1.50 bits per heavy atom. The summed E-state index contributed by atoms with van der Waals surface area (Å²) in [7, 11) is 0. The molecule has 0 aromatic carbocycles. The van der Waals surface area contributed by atoms with Gasteiger partial charge in [-0.25, -0.2) is 4.39 Å². The SMILES string of the molecule is CC(F)C(F)(F)C(F)(F)S. The highest BCUT2D eigenvalue weighted by Crippen LogP contribution is 2.40. The van der Waals surface area contributed by atoms with Crippen molar-refractivity contribution in [3.05, 3.63) is 0 Å². The summed E-state index contributed by atoms with van der Waals surface area (Å²) >= 11 is 2.25. The maximum Gasteiger partial charge on any atom is 0.356 e. The Morgan fingerprint density at radius 1 is 1.20 bits per heavy atom. The highest BCUT2D eigenvalue weighted by Gasteiger charge is 2.57. The van der Waals surface area contributed by atoms with Gasteiger partial charge >= 0.3 is 11.2 Å². The zero-order chi connectivity index (χ0) is 8.58. The van der Waals surface area contributed by atoms with E-state index >= 15 is 0 Å². The van der Waals surface area contributed by atoms with Crippen molar-refractivity contribution in [2.45, 2.75) is 24.3 Å². The molecule has 1 unspecified atom stereocenters. The highest BCUT2D eigenvalue weighted by atomic mass is 32.1. The predicted molar refractivity (Wildman–Crippen MR) is 29.4 cm³/mol. The lowest BCUT2D eigenvalue weighted by Gasteiger charge is -2.22. The van der Waals surface area contributed by atoms with Crippen molar-refractivity contribution in [1.29, 1.82) is 0 Å². The van der Waals surface area contributed by atoms with Gasteiger partial charge in [0.25, 0.3) is 0 Å². The molecule has 0 bridgehead atoms. The quantitative estimate of drug-likeness (QED) is 0.490. The number of alkyl halides is 5. The van der Waals surface area contributed by atoms with Crippen LogP contribution < -0.4 is 0 Å². The van der Waals surface area contributed by atoms with Crippen molar-refractivity contribution in [2.24, 2.45) is 0 Å². The third-order valence-corrected chi connectivity index (χ3v) is 1.20. The van der Waals surface area contributed by atoms with Crippen LogP contribution in [0.3, 0.4) is 0 Å². The smallest absolute Gasteiger partial charge is 0.241 e. The van der Waals surface area contributed by atoms with Crippen LogP contribution >= 0.6 is 12.6 Å². The summed E-state index contributed by atoms with van der Waals surface area (Å²) in [5, 5.41) is -4.60. The van der Waals surface area contributed by atoms with Crippen LogP contribution in [0.1, 0.15) is 6.92 Å². The van der Waals surface area contributed by atoms with E-state index in [1.807, 2.05) is 0 Å². The molecular formula is C4H5F5S. The van der Waals surface area contributed by atoms with Gasteiger partial charge in [0.1, 0.15) is 0 Å². The van der Waals surface area contributed by atoms with Gasteiger partial charge in [0.2, 0.25) is 0 Å². The molecule has 0 heterocycles. The molecule has 0 aliphatic heterocycles. The molecule has 0 aliphatic carbocycles. The van der Waals surface area contributed by atoms with E-state index in [9.17, 15) is 22.0 Å². The van der Waals surface area contributed by atoms with Gasteiger partial charge in [0, 0.05) is 0 Å². The second kappa shape index (κ2) is 2.56. The van der Waals surface area contributed by atoms with E-state index in [2.05, 4.69) is 12.6 Å². The minimum atomic E-state index is -4.70. The summed E-state index contributed by atoms with van der Waals surface area (Å²) in [4.78, 5) is 0. The summed E-state index contributed by atoms with van der Waals surface area (Å²) < 4.78 is 58.7. The molecule has 0 fully saturated rings. The standard InChI is InChI=1S/C4H5F5S/c1-2(5)3(6,7)4(8,9)10/h2,10H,1H3. The number of rotatable bonds is 2. The predicted octanol–water partition coefficient (Wildman–Crippen LogP) is 2.50. The number of thiol groups is 1. The summed E-state index contributed by atoms with van der Waals surface area (Å²) in [6, 6.07) is 0. The van der Waals surface area contributed by atoms with Crippen LogP contribution in [-0.4, -0.2) is 17.3 Å². The minimum absolute atomic E-state index is 0.351. The van der Waals surface area contributed by atoms with Crippen LogP contribution in [0.15, 0.2) is 0 Å². The van der Waals surface area contributed by atoms with Crippen LogP contribution in [0.5, 0.6) is 0 Å². The Bertz CT molecular complexity index is 115. The largest absolute Gasteiger partial charge is 0.356 e. The highest BCUT2D eigenvalue weighted by molar-refractivity contribution is 7.81. The second-order valence-corrected chi connectivity index (χ2v) is 2.34. The lowest BCUT2D eigenvalue weighted by molar-refractivity contribution is -0.184. The van der Waals surface area contributed by atoms with Crippen molar-refractivity contribution in [3.63, 3.8) is 0 Å². The van der Waals surface area contributed by atoms with Gasteiger partial charge in [-0.15, -0.1) is 0 Å². The Kier molecular flexibility index (Phi) is 2.56. The average molecular weight is 180 g/mol. The Labute approximate surface area is 59.8 Å². The third kappa shape index (κ3) is 1.74. The molecule has 62 valence electrons. The van der Waals surface area contributed by atoms with Crippen molar-refractivity contribution < 1.29 is 22.0 Å². The van der Waals surface area contributed by atoms with Gasteiger partial charge in [0.15, 0.2) is 6.17 Å².